The van der Waals surface area contributed by atoms with Gasteiger partial charge in [-0.3, -0.25) is 0 Å². The van der Waals surface area contributed by atoms with Crippen LogP contribution in [0.1, 0.15) is 47.5 Å². The van der Waals surface area contributed by atoms with E-state index in [2.05, 4.69) is 73.9 Å². The maximum absolute atomic E-state index is 6.98. The molecule has 3 nitrogen and oxygen atoms in total. The summed E-state index contributed by atoms with van der Waals surface area (Å²) in [7, 11) is -8.59. The molecule has 0 aliphatic carbocycles. The molecule has 0 spiro atoms. The second-order valence-corrected chi connectivity index (χ2v) is 26.5. The van der Waals surface area contributed by atoms with Gasteiger partial charge in [-0.15, -0.1) is 11.1 Å². The smallest absolute Gasteiger partial charge is 0.313 e. The van der Waals surface area contributed by atoms with Crippen molar-refractivity contribution in [3.8, 4) is 0 Å². The lowest BCUT2D eigenvalue weighted by atomic mass is 10.4. The summed E-state index contributed by atoms with van der Waals surface area (Å²) in [6, 6.07) is 1.19. The molecular formula is C16H41ClO3Si4. The van der Waals surface area contributed by atoms with E-state index in [4.69, 9.17) is 23.4 Å². The molecule has 8 heteroatoms. The van der Waals surface area contributed by atoms with Crippen LogP contribution in [0.3, 0.4) is 0 Å². The molecule has 0 heterocycles. The Kier molecular flexibility index (Phi) is 9.70. The van der Waals surface area contributed by atoms with E-state index in [9.17, 15) is 0 Å². The fraction of sp³-hybridized carbons (Fsp3) is 1.00. The summed E-state index contributed by atoms with van der Waals surface area (Å²) in [4.78, 5) is 0. The minimum absolute atomic E-state index is 0.357. The number of halogens is 1. The Balaban J connectivity index is 5.05. The Bertz CT molecular complexity index is 380. The summed E-state index contributed by atoms with van der Waals surface area (Å²) in [5.74, 6) is 0. The molecule has 146 valence electrons. The second kappa shape index (κ2) is 9.30. The van der Waals surface area contributed by atoms with Crippen LogP contribution < -0.4 is 0 Å². The van der Waals surface area contributed by atoms with Gasteiger partial charge in [0.1, 0.15) is 0 Å². The van der Waals surface area contributed by atoms with E-state index in [-0.39, 0.29) is 0 Å². The monoisotopic (exact) mass is 428 g/mol. The van der Waals surface area contributed by atoms with Gasteiger partial charge in [0.05, 0.1) is 0 Å². The lowest BCUT2D eigenvalue weighted by Gasteiger charge is -2.43. The summed E-state index contributed by atoms with van der Waals surface area (Å²) in [5.41, 5.74) is 0.714. The van der Waals surface area contributed by atoms with Gasteiger partial charge in [-0.1, -0.05) is 47.5 Å². The van der Waals surface area contributed by atoms with Gasteiger partial charge in [-0.25, -0.2) is 0 Å². The Labute approximate surface area is 160 Å². The first kappa shape index (κ1) is 25.0. The fourth-order valence-corrected chi connectivity index (χ4v) is 23.9. The van der Waals surface area contributed by atoms with Crippen LogP contribution >= 0.6 is 11.1 Å². The predicted octanol–water partition coefficient (Wildman–Crippen LogP) is 6.95. The molecule has 24 heavy (non-hydrogen) atoms. The van der Waals surface area contributed by atoms with Gasteiger partial charge in [0, 0.05) is 0 Å². The average Bonchev–Trinajstić information content (AvgIpc) is 2.32. The molecule has 0 unspecified atom stereocenters. The third-order valence-corrected chi connectivity index (χ3v) is 23.5. The molecule has 0 bridgehead atoms. The zero-order valence-electron chi connectivity index (χ0n) is 17.9. The Morgan fingerprint density at radius 3 is 1.54 bits per heavy atom. The van der Waals surface area contributed by atoms with Gasteiger partial charge in [-0.2, -0.15) is 0 Å². The highest BCUT2D eigenvalue weighted by Crippen LogP contribution is 2.40. The molecule has 0 amide bonds. The highest BCUT2D eigenvalue weighted by Gasteiger charge is 2.49. The molecule has 0 aromatic heterocycles. The minimum atomic E-state index is -2.34. The highest BCUT2D eigenvalue weighted by atomic mass is 35.6. The van der Waals surface area contributed by atoms with Gasteiger partial charge in [0.15, 0.2) is 8.32 Å². The van der Waals surface area contributed by atoms with E-state index in [0.29, 0.717) is 11.1 Å². The summed E-state index contributed by atoms with van der Waals surface area (Å²) in [6.07, 6.45) is 2.45. The van der Waals surface area contributed by atoms with Crippen LogP contribution in [-0.2, 0) is 12.3 Å². The van der Waals surface area contributed by atoms with Crippen LogP contribution in [0, 0.1) is 0 Å². The lowest BCUT2D eigenvalue weighted by molar-refractivity contribution is 0.325. The summed E-state index contributed by atoms with van der Waals surface area (Å²) >= 11 is 6.98. The number of hydrogen-bond acceptors (Lipinski definition) is 3. The first-order chi connectivity index (χ1) is 10.6. The molecule has 0 N–H and O–H groups in total. The van der Waals surface area contributed by atoms with E-state index in [0.717, 1.165) is 0 Å². The van der Waals surface area contributed by atoms with Crippen molar-refractivity contribution < 1.29 is 12.3 Å². The summed E-state index contributed by atoms with van der Waals surface area (Å²) in [6.45, 7) is 24.1. The molecule has 0 saturated heterocycles. The van der Waals surface area contributed by atoms with Gasteiger partial charge in [0.2, 0.25) is 0 Å². The van der Waals surface area contributed by atoms with Crippen LogP contribution in [0.25, 0.3) is 0 Å². The quantitative estimate of drug-likeness (QED) is 0.263. The van der Waals surface area contributed by atoms with Crippen molar-refractivity contribution in [3.05, 3.63) is 0 Å². The zero-order valence-corrected chi connectivity index (χ0v) is 22.6. The maximum Gasteiger partial charge on any atom is 0.313 e. The standard InChI is InChI=1S/C16H41ClO3Si4/c1-12-13-14-21(6,7)18-22(8,9)19-23(10,11)20-24(17,15(2)3)16(4)5/h15-16H,12-14H2,1-11H3. The molecule has 0 aliphatic heterocycles. The van der Waals surface area contributed by atoms with E-state index in [1.807, 2.05) is 0 Å². The first-order valence-electron chi connectivity index (χ1n) is 9.36. The van der Waals surface area contributed by atoms with Crippen LogP contribution in [0.15, 0.2) is 0 Å². The molecule has 0 aromatic carbocycles. The van der Waals surface area contributed by atoms with Gasteiger partial charge < -0.3 is 12.3 Å². The molecule has 0 rings (SSSR count). The Hall–Kier alpha value is 1.04. The average molecular weight is 429 g/mol. The number of unbranched alkanes of at least 4 members (excludes halogenated alkanes) is 1. The first-order valence-corrected chi connectivity index (χ1v) is 21.2. The Morgan fingerprint density at radius 1 is 0.750 bits per heavy atom. The van der Waals surface area contributed by atoms with Gasteiger partial charge in [0.25, 0.3) is 7.63 Å². The van der Waals surface area contributed by atoms with Crippen molar-refractivity contribution >= 4 is 44.1 Å². The topological polar surface area (TPSA) is 27.7 Å². The maximum atomic E-state index is 6.98. The van der Waals surface area contributed by atoms with E-state index >= 15 is 0 Å². The van der Waals surface area contributed by atoms with Crippen molar-refractivity contribution in [2.45, 2.75) is 104 Å². The van der Waals surface area contributed by atoms with E-state index in [1.54, 1.807) is 0 Å². The molecular weight excluding hydrogens is 388 g/mol. The molecule has 0 radical (unpaired) electrons. The predicted molar refractivity (Wildman–Crippen MR) is 117 cm³/mol. The van der Waals surface area contributed by atoms with Crippen molar-refractivity contribution in [3.63, 3.8) is 0 Å². The molecule has 0 saturated carbocycles. The Morgan fingerprint density at radius 2 is 1.17 bits per heavy atom. The second-order valence-electron chi connectivity index (χ2n) is 8.98. The van der Waals surface area contributed by atoms with Crippen molar-refractivity contribution in [1.82, 2.24) is 0 Å². The lowest BCUT2D eigenvalue weighted by Crippen LogP contribution is -2.57. The fourth-order valence-electron chi connectivity index (χ4n) is 3.23. The largest absolute Gasteiger partial charge is 0.436 e. The van der Waals surface area contributed by atoms with Crippen LogP contribution in [0.4, 0.5) is 0 Å². The summed E-state index contributed by atoms with van der Waals surface area (Å²) in [5, 5.41) is 0. The third-order valence-electron chi connectivity index (χ3n) is 4.12. The van der Waals surface area contributed by atoms with E-state index < -0.39 is 33.1 Å². The SMILES string of the molecule is CCCC[Si](C)(C)O[Si](C)(C)O[Si](C)(C)O[Si](Cl)(C(C)C)C(C)C. The van der Waals surface area contributed by atoms with Crippen molar-refractivity contribution in [2.75, 3.05) is 0 Å². The van der Waals surface area contributed by atoms with Crippen molar-refractivity contribution in [2.24, 2.45) is 0 Å². The van der Waals surface area contributed by atoms with E-state index in [1.165, 1.54) is 18.9 Å². The highest BCUT2D eigenvalue weighted by molar-refractivity contribution is 7.20. The van der Waals surface area contributed by atoms with Gasteiger partial charge >= 0.3 is 17.1 Å². The molecule has 0 atom stereocenters. The molecule has 0 aromatic rings. The van der Waals surface area contributed by atoms with Crippen LogP contribution in [0.2, 0.25) is 56.4 Å². The normalized spacial score (nSPS) is 14.8. The summed E-state index contributed by atoms with van der Waals surface area (Å²) < 4.78 is 19.7. The third kappa shape index (κ3) is 8.61. The number of rotatable bonds is 11. The van der Waals surface area contributed by atoms with Crippen molar-refractivity contribution in [1.29, 1.82) is 0 Å². The van der Waals surface area contributed by atoms with Crippen LogP contribution in [-0.4, -0.2) is 33.1 Å². The van der Waals surface area contributed by atoms with Crippen LogP contribution in [0.5, 0.6) is 0 Å². The molecule has 0 aliphatic rings. The molecule has 0 fully saturated rings. The number of hydrogen-bond donors (Lipinski definition) is 0. The van der Waals surface area contributed by atoms with Gasteiger partial charge in [-0.05, 0) is 56.4 Å². The zero-order chi connectivity index (χ0) is 19.4. The minimum Gasteiger partial charge on any atom is -0.436 e.